The Labute approximate surface area is 67.7 Å². The molecule has 70 valence electrons. The van der Waals surface area contributed by atoms with Crippen molar-refractivity contribution in [3.05, 3.63) is 0 Å². The van der Waals surface area contributed by atoms with Crippen LogP contribution in [0.4, 0.5) is 0 Å². The molecule has 0 aromatic heterocycles. The SMILES string of the molecule is O.O.O.O.O.O.[Cl][Ru][Cl]. The number of halogens is 2. The van der Waals surface area contributed by atoms with Gasteiger partial charge in [0.1, 0.15) is 0 Å². The summed E-state index contributed by atoms with van der Waals surface area (Å²) >= 11 is -0.346. The third-order valence-corrected chi connectivity index (χ3v) is 0. The Hall–Kier alpha value is 0.963. The van der Waals surface area contributed by atoms with E-state index in [1.165, 1.54) is 0 Å². The predicted molar refractivity (Wildman–Crippen MR) is 33.4 cm³/mol. The Morgan fingerprint density at radius 3 is 0.556 bits per heavy atom. The molecule has 0 rings (SSSR count). The molecule has 0 aliphatic carbocycles. The van der Waals surface area contributed by atoms with Gasteiger partial charge in [0.2, 0.25) is 0 Å². The maximum atomic E-state index is 4.85. The van der Waals surface area contributed by atoms with Gasteiger partial charge in [0.25, 0.3) is 0 Å². The minimum atomic E-state index is -0.346. The van der Waals surface area contributed by atoms with Crippen molar-refractivity contribution >= 4 is 19.4 Å². The van der Waals surface area contributed by atoms with Crippen molar-refractivity contribution in [1.82, 2.24) is 0 Å². The van der Waals surface area contributed by atoms with Crippen LogP contribution in [0.5, 0.6) is 0 Å². The predicted octanol–water partition coefficient (Wildman–Crippen LogP) is -3.57. The zero-order valence-corrected chi connectivity index (χ0v) is 7.36. The Morgan fingerprint density at radius 2 is 0.556 bits per heavy atom. The topological polar surface area (TPSA) is 189 Å². The van der Waals surface area contributed by atoms with Gasteiger partial charge in [-0.2, -0.15) is 0 Å². The van der Waals surface area contributed by atoms with Gasteiger partial charge in [-0.15, -0.1) is 0 Å². The molecule has 0 saturated heterocycles. The second kappa shape index (κ2) is 147. The van der Waals surface area contributed by atoms with Gasteiger partial charge in [-0.1, -0.05) is 0 Å². The van der Waals surface area contributed by atoms with Gasteiger partial charge in [-0.05, 0) is 0 Å². The molecule has 0 heterocycles. The van der Waals surface area contributed by atoms with Crippen LogP contribution < -0.4 is 0 Å². The van der Waals surface area contributed by atoms with Crippen molar-refractivity contribution < 1.29 is 48.0 Å². The molecule has 0 atom stereocenters. The van der Waals surface area contributed by atoms with Gasteiger partial charge in [0.05, 0.1) is 0 Å². The third-order valence-electron chi connectivity index (χ3n) is 0. The molecule has 9 heavy (non-hydrogen) atoms. The van der Waals surface area contributed by atoms with E-state index in [0.29, 0.717) is 0 Å². The Kier molecular flexibility index (Phi) is 1490. The van der Waals surface area contributed by atoms with E-state index >= 15 is 0 Å². The van der Waals surface area contributed by atoms with Crippen LogP contribution in [-0.2, 0) is 15.1 Å². The van der Waals surface area contributed by atoms with Gasteiger partial charge in [0, 0.05) is 0 Å². The molecule has 6 nitrogen and oxygen atoms in total. The van der Waals surface area contributed by atoms with E-state index in [9.17, 15) is 0 Å². The van der Waals surface area contributed by atoms with Crippen LogP contribution >= 0.6 is 19.4 Å². The first-order valence-corrected chi connectivity index (χ1v) is 4.74. The molecule has 0 aromatic carbocycles. The molecule has 0 radical (unpaired) electrons. The van der Waals surface area contributed by atoms with Gasteiger partial charge in [-0.25, -0.2) is 0 Å². The first-order valence-electron chi connectivity index (χ1n) is 0.267. The average Bonchev–Trinajstić information content (AvgIpc) is 0.918. The zero-order valence-electron chi connectivity index (χ0n) is 4.11. The standard InChI is InChI=1S/2ClH.6H2O.Ru/h2*1H;6*1H2;/q;;;;;;;;+2/p-2. The summed E-state index contributed by atoms with van der Waals surface area (Å²) in [5.41, 5.74) is 0. The van der Waals surface area contributed by atoms with Crippen molar-refractivity contribution in [2.24, 2.45) is 0 Å². The number of hydrogen-bond donors (Lipinski definition) is 0. The van der Waals surface area contributed by atoms with E-state index in [0.717, 1.165) is 0 Å². The van der Waals surface area contributed by atoms with Crippen molar-refractivity contribution in [2.75, 3.05) is 0 Å². The summed E-state index contributed by atoms with van der Waals surface area (Å²) in [7, 11) is 9.71. The van der Waals surface area contributed by atoms with Gasteiger partial charge >= 0.3 is 34.5 Å². The molecule has 12 N–H and O–H groups in total. The molecule has 0 bridgehead atoms. The molecule has 9 heteroatoms. The van der Waals surface area contributed by atoms with E-state index in [2.05, 4.69) is 0 Å². The first-order chi connectivity index (χ1) is 1.41. The van der Waals surface area contributed by atoms with Gasteiger partial charge in [-0.3, -0.25) is 0 Å². The first kappa shape index (κ1) is 91.2. The fraction of sp³-hybridized carbons (Fsp3) is 0. The minimum absolute atomic E-state index is 0. The maximum absolute atomic E-state index is 4.85. The van der Waals surface area contributed by atoms with Crippen LogP contribution in [0.1, 0.15) is 0 Å². The molecule has 0 spiro atoms. The monoisotopic (exact) mass is 280 g/mol. The van der Waals surface area contributed by atoms with E-state index < -0.39 is 0 Å². The number of hydrogen-bond acceptors (Lipinski definition) is 0. The molecule has 0 unspecified atom stereocenters. The Bertz CT molecular complexity index is 11.0. The fourth-order valence-electron chi connectivity index (χ4n) is 0. The van der Waals surface area contributed by atoms with Crippen LogP contribution in [0, 0.1) is 0 Å². The molecule has 0 fully saturated rings. The third kappa shape index (κ3) is 468. The average molecular weight is 280 g/mol. The van der Waals surface area contributed by atoms with E-state index in [-0.39, 0.29) is 48.0 Å². The molecular formula is H12Cl2O6Ru. The van der Waals surface area contributed by atoms with Gasteiger partial charge < -0.3 is 32.9 Å². The van der Waals surface area contributed by atoms with Crippen LogP contribution in [0.3, 0.4) is 0 Å². The number of rotatable bonds is 0. The van der Waals surface area contributed by atoms with Crippen LogP contribution in [0.2, 0.25) is 0 Å². The summed E-state index contributed by atoms with van der Waals surface area (Å²) in [6.07, 6.45) is 0. The van der Waals surface area contributed by atoms with Crippen LogP contribution in [0.25, 0.3) is 0 Å². The van der Waals surface area contributed by atoms with Crippen molar-refractivity contribution in [3.8, 4) is 0 Å². The summed E-state index contributed by atoms with van der Waals surface area (Å²) in [6.45, 7) is 0. The quantitative estimate of drug-likeness (QED) is 0.397. The molecule has 0 aliphatic rings. The van der Waals surface area contributed by atoms with Crippen molar-refractivity contribution in [2.45, 2.75) is 0 Å². The zero-order chi connectivity index (χ0) is 2.71. The summed E-state index contributed by atoms with van der Waals surface area (Å²) in [5, 5.41) is 0. The molecule has 0 aliphatic heterocycles. The van der Waals surface area contributed by atoms with E-state index in [1.54, 1.807) is 0 Å². The van der Waals surface area contributed by atoms with Crippen molar-refractivity contribution in [1.29, 1.82) is 0 Å². The van der Waals surface area contributed by atoms with Gasteiger partial charge in [0.15, 0.2) is 0 Å². The Morgan fingerprint density at radius 1 is 0.556 bits per heavy atom. The summed E-state index contributed by atoms with van der Waals surface area (Å²) in [4.78, 5) is 0. The summed E-state index contributed by atoms with van der Waals surface area (Å²) < 4.78 is 0. The van der Waals surface area contributed by atoms with E-state index in [1.807, 2.05) is 0 Å². The molecule has 0 amide bonds. The van der Waals surface area contributed by atoms with Crippen LogP contribution in [0.15, 0.2) is 0 Å². The Balaban J connectivity index is -0.00000000133. The fourth-order valence-corrected chi connectivity index (χ4v) is 0. The molecule has 0 saturated carbocycles. The summed E-state index contributed by atoms with van der Waals surface area (Å²) in [6, 6.07) is 0. The second-order valence-electron chi connectivity index (χ2n) is 0.0505. The normalized spacial score (nSPS) is 2.44. The molecular weight excluding hydrogens is 268 g/mol. The van der Waals surface area contributed by atoms with E-state index in [4.69, 9.17) is 19.4 Å². The second-order valence-corrected chi connectivity index (χ2v) is 2.69. The molecule has 0 aromatic rings. The van der Waals surface area contributed by atoms with Crippen molar-refractivity contribution in [3.63, 3.8) is 0 Å². The summed E-state index contributed by atoms with van der Waals surface area (Å²) in [5.74, 6) is 0. The van der Waals surface area contributed by atoms with Crippen LogP contribution in [-0.4, -0.2) is 32.9 Å².